The van der Waals surface area contributed by atoms with Crippen molar-refractivity contribution in [3.8, 4) is 0 Å². The molecule has 0 radical (unpaired) electrons. The second-order valence-electron chi connectivity index (χ2n) is 4.62. The molecule has 0 aliphatic carbocycles. The van der Waals surface area contributed by atoms with Gasteiger partial charge in [-0.3, -0.25) is 9.59 Å². The molecule has 1 fully saturated rings. The topological polar surface area (TPSA) is 76.3 Å². The number of thioether (sulfide) groups is 1. The summed E-state index contributed by atoms with van der Waals surface area (Å²) in [6, 6.07) is 0. The van der Waals surface area contributed by atoms with Crippen LogP contribution in [0.3, 0.4) is 0 Å². The number of piperidine rings is 1. The highest BCUT2D eigenvalue weighted by atomic mass is 32.2. The first kappa shape index (κ1) is 14.3. The van der Waals surface area contributed by atoms with Crippen LogP contribution in [0.5, 0.6) is 0 Å². The van der Waals surface area contributed by atoms with Crippen molar-refractivity contribution in [1.29, 1.82) is 0 Å². The maximum absolute atomic E-state index is 12.1. The van der Waals surface area contributed by atoms with E-state index in [9.17, 15) is 9.59 Å². The number of aromatic nitrogens is 1. The maximum atomic E-state index is 12.1. The second kappa shape index (κ2) is 6.38. The summed E-state index contributed by atoms with van der Waals surface area (Å²) in [5, 5.41) is 1.97. The van der Waals surface area contributed by atoms with Crippen molar-refractivity contribution in [2.24, 2.45) is 11.7 Å². The number of hydrogen-bond acceptors (Lipinski definition) is 5. The van der Waals surface area contributed by atoms with Gasteiger partial charge in [0.15, 0.2) is 4.34 Å². The molecular weight excluding hydrogens is 282 g/mol. The van der Waals surface area contributed by atoms with Crippen molar-refractivity contribution >= 4 is 34.9 Å². The zero-order valence-corrected chi connectivity index (χ0v) is 12.4. The van der Waals surface area contributed by atoms with Crippen LogP contribution in [-0.4, -0.2) is 40.5 Å². The highest BCUT2D eigenvalue weighted by molar-refractivity contribution is 8.01. The summed E-state index contributed by atoms with van der Waals surface area (Å²) < 4.78 is 0.911. The summed E-state index contributed by atoms with van der Waals surface area (Å²) >= 11 is 3.00. The van der Waals surface area contributed by atoms with E-state index in [1.54, 1.807) is 16.2 Å². The van der Waals surface area contributed by atoms with E-state index in [1.807, 2.05) is 12.3 Å². The summed E-state index contributed by atoms with van der Waals surface area (Å²) in [6.45, 7) is 3.12. The van der Waals surface area contributed by atoms with Crippen LogP contribution in [0.4, 0.5) is 0 Å². The lowest BCUT2D eigenvalue weighted by Crippen LogP contribution is -2.44. The largest absolute Gasteiger partial charge is 0.369 e. The van der Waals surface area contributed by atoms with E-state index < -0.39 is 0 Å². The fourth-order valence-corrected chi connectivity index (χ4v) is 3.80. The molecule has 5 nitrogen and oxygen atoms in total. The Morgan fingerprint density at radius 3 is 3.05 bits per heavy atom. The molecule has 1 aromatic rings. The van der Waals surface area contributed by atoms with Gasteiger partial charge < -0.3 is 10.6 Å². The summed E-state index contributed by atoms with van der Waals surface area (Å²) in [6.07, 6.45) is 1.64. The van der Waals surface area contributed by atoms with Crippen LogP contribution >= 0.6 is 23.1 Å². The molecule has 2 N–H and O–H groups in total. The Hall–Kier alpha value is -1.08. The smallest absolute Gasteiger partial charge is 0.233 e. The predicted molar refractivity (Wildman–Crippen MR) is 76.1 cm³/mol. The third-order valence-electron chi connectivity index (χ3n) is 3.09. The molecule has 2 amide bonds. The molecule has 0 aromatic carbocycles. The first-order valence-corrected chi connectivity index (χ1v) is 8.05. The van der Waals surface area contributed by atoms with E-state index in [0.717, 1.165) is 29.4 Å². The summed E-state index contributed by atoms with van der Waals surface area (Å²) in [7, 11) is 0. The Labute approximate surface area is 120 Å². The lowest BCUT2D eigenvalue weighted by Gasteiger charge is -2.31. The monoisotopic (exact) mass is 299 g/mol. The van der Waals surface area contributed by atoms with Crippen molar-refractivity contribution in [3.05, 3.63) is 11.1 Å². The lowest BCUT2D eigenvalue weighted by atomic mass is 9.97. The summed E-state index contributed by atoms with van der Waals surface area (Å²) in [4.78, 5) is 29.3. The van der Waals surface area contributed by atoms with Gasteiger partial charge in [0.05, 0.1) is 11.7 Å². The van der Waals surface area contributed by atoms with Gasteiger partial charge in [-0.15, -0.1) is 11.3 Å². The fraction of sp³-hybridized carbons (Fsp3) is 0.583. The molecule has 1 aliphatic heterocycles. The molecule has 0 saturated carbocycles. The van der Waals surface area contributed by atoms with Gasteiger partial charge in [-0.25, -0.2) is 4.98 Å². The van der Waals surface area contributed by atoms with Gasteiger partial charge in [-0.1, -0.05) is 11.8 Å². The minimum atomic E-state index is -0.305. The Morgan fingerprint density at radius 1 is 1.63 bits per heavy atom. The first-order valence-electron chi connectivity index (χ1n) is 6.18. The molecule has 1 unspecified atom stereocenters. The minimum Gasteiger partial charge on any atom is -0.369 e. The van der Waals surface area contributed by atoms with E-state index in [4.69, 9.17) is 5.73 Å². The molecule has 0 bridgehead atoms. The third-order valence-corrected chi connectivity index (χ3v) is 5.22. The number of likely N-dealkylation sites (tertiary alicyclic amines) is 1. The number of carbonyl (C=O) groups is 2. The highest BCUT2D eigenvalue weighted by Gasteiger charge is 2.26. The average molecular weight is 299 g/mol. The summed E-state index contributed by atoms with van der Waals surface area (Å²) in [5.74, 6) is -0.0624. The zero-order chi connectivity index (χ0) is 13.8. The SMILES string of the molecule is Cc1csc(SCC(=O)N2CCCC(C(N)=O)C2)n1. The lowest BCUT2D eigenvalue weighted by molar-refractivity contribution is -0.132. The quantitative estimate of drug-likeness (QED) is 0.849. The van der Waals surface area contributed by atoms with Crippen molar-refractivity contribution in [2.45, 2.75) is 24.1 Å². The number of rotatable bonds is 4. The Balaban J connectivity index is 1.84. The van der Waals surface area contributed by atoms with Gasteiger partial charge in [-0.2, -0.15) is 0 Å². The predicted octanol–water partition coefficient (Wildman–Crippen LogP) is 1.27. The van der Waals surface area contributed by atoms with Gasteiger partial charge in [0.2, 0.25) is 11.8 Å². The molecule has 1 aromatic heterocycles. The van der Waals surface area contributed by atoms with Gasteiger partial charge in [0.1, 0.15) is 0 Å². The molecule has 7 heteroatoms. The molecule has 1 saturated heterocycles. The van der Waals surface area contributed by atoms with Crippen molar-refractivity contribution < 1.29 is 9.59 Å². The molecule has 104 valence electrons. The number of amides is 2. The third kappa shape index (κ3) is 3.94. The number of hydrogen-bond donors (Lipinski definition) is 1. The molecular formula is C12H17N3O2S2. The number of thiazole rings is 1. The number of nitrogens with zero attached hydrogens (tertiary/aromatic N) is 2. The van der Waals surface area contributed by atoms with E-state index in [0.29, 0.717) is 12.3 Å². The second-order valence-corrected chi connectivity index (χ2v) is 6.71. The Kier molecular flexibility index (Phi) is 4.81. The summed E-state index contributed by atoms with van der Waals surface area (Å²) in [5.41, 5.74) is 6.29. The van der Waals surface area contributed by atoms with Crippen LogP contribution in [0.15, 0.2) is 9.72 Å². The highest BCUT2D eigenvalue weighted by Crippen LogP contribution is 2.23. The number of carbonyl (C=O) groups excluding carboxylic acids is 2. The van der Waals surface area contributed by atoms with Crippen LogP contribution in [0, 0.1) is 12.8 Å². The standard InChI is InChI=1S/C12H17N3O2S2/c1-8-6-18-12(14-8)19-7-10(16)15-4-2-3-9(5-15)11(13)17/h6,9H,2-5,7H2,1H3,(H2,13,17). The number of aryl methyl sites for hydroxylation is 1. The van der Waals surface area contributed by atoms with Gasteiger partial charge in [0.25, 0.3) is 0 Å². The van der Waals surface area contributed by atoms with E-state index >= 15 is 0 Å². The number of nitrogens with two attached hydrogens (primary N) is 1. The first-order chi connectivity index (χ1) is 9.06. The van der Waals surface area contributed by atoms with E-state index in [1.165, 1.54) is 11.8 Å². The molecule has 1 aliphatic rings. The van der Waals surface area contributed by atoms with Crippen LogP contribution in [0.2, 0.25) is 0 Å². The van der Waals surface area contributed by atoms with Crippen molar-refractivity contribution in [1.82, 2.24) is 9.88 Å². The zero-order valence-electron chi connectivity index (χ0n) is 10.8. The van der Waals surface area contributed by atoms with Crippen molar-refractivity contribution in [2.75, 3.05) is 18.8 Å². The van der Waals surface area contributed by atoms with E-state index in [-0.39, 0.29) is 17.7 Å². The Bertz CT molecular complexity index is 475. The molecule has 2 heterocycles. The van der Waals surface area contributed by atoms with Crippen LogP contribution < -0.4 is 5.73 Å². The van der Waals surface area contributed by atoms with E-state index in [2.05, 4.69) is 4.98 Å². The molecule has 2 rings (SSSR count). The Morgan fingerprint density at radius 2 is 2.42 bits per heavy atom. The van der Waals surface area contributed by atoms with Gasteiger partial charge >= 0.3 is 0 Å². The normalized spacial score (nSPS) is 19.4. The van der Waals surface area contributed by atoms with Crippen LogP contribution in [0.25, 0.3) is 0 Å². The van der Waals surface area contributed by atoms with Gasteiger partial charge in [-0.05, 0) is 19.8 Å². The number of primary amides is 1. The maximum Gasteiger partial charge on any atom is 0.233 e. The molecule has 1 atom stereocenters. The van der Waals surface area contributed by atoms with Gasteiger partial charge in [0, 0.05) is 24.2 Å². The molecule has 19 heavy (non-hydrogen) atoms. The molecule has 0 spiro atoms. The average Bonchev–Trinajstić information content (AvgIpc) is 2.82. The van der Waals surface area contributed by atoms with Crippen LogP contribution in [-0.2, 0) is 9.59 Å². The van der Waals surface area contributed by atoms with Crippen molar-refractivity contribution in [3.63, 3.8) is 0 Å². The minimum absolute atomic E-state index is 0.0591. The fourth-order valence-electron chi connectivity index (χ4n) is 2.05. The van der Waals surface area contributed by atoms with Crippen LogP contribution in [0.1, 0.15) is 18.5 Å².